The van der Waals surface area contributed by atoms with Crippen molar-refractivity contribution < 1.29 is 9.59 Å². The molecule has 0 aliphatic carbocycles. The van der Waals surface area contributed by atoms with E-state index in [-0.39, 0.29) is 22.2 Å². The van der Waals surface area contributed by atoms with Crippen molar-refractivity contribution in [3.05, 3.63) is 81.8 Å². The van der Waals surface area contributed by atoms with Gasteiger partial charge in [0.1, 0.15) is 0 Å². The maximum Gasteiger partial charge on any atom is 0.273 e. The molecule has 8 nitrogen and oxygen atoms in total. The summed E-state index contributed by atoms with van der Waals surface area (Å²) in [6, 6.07) is 13.3. The quantitative estimate of drug-likeness (QED) is 0.391. The van der Waals surface area contributed by atoms with Crippen molar-refractivity contribution >= 4 is 39.3 Å². The average Bonchev–Trinajstić information content (AvgIpc) is 2.72. The number of aromatic nitrogens is 2. The molecule has 0 saturated heterocycles. The third-order valence-electron chi connectivity index (χ3n) is 4.58. The lowest BCUT2D eigenvalue weighted by molar-refractivity contribution is 0.0847. The zero-order valence-electron chi connectivity index (χ0n) is 15.4. The van der Waals surface area contributed by atoms with E-state index in [0.29, 0.717) is 21.8 Å². The minimum Gasteiger partial charge on any atom is -0.397 e. The SMILES string of the molecule is Cc1cc(=O)c2cc(C(=O)NNC(=O)c3cnc4ccccc4c3N)ccc2[nH]1. The fraction of sp³-hybridized carbons (Fsp3) is 0.0476. The molecular weight excluding hydrogens is 370 g/mol. The number of nitrogens with one attached hydrogen (secondary N) is 3. The summed E-state index contributed by atoms with van der Waals surface area (Å²) < 4.78 is 0. The highest BCUT2D eigenvalue weighted by atomic mass is 16.2. The Bertz CT molecular complexity index is 1340. The van der Waals surface area contributed by atoms with Gasteiger partial charge in [-0.3, -0.25) is 30.2 Å². The number of pyridine rings is 2. The molecule has 5 N–H and O–H groups in total. The number of rotatable bonds is 2. The second-order valence-electron chi connectivity index (χ2n) is 6.59. The van der Waals surface area contributed by atoms with Crippen LogP contribution in [0.4, 0.5) is 5.69 Å². The van der Waals surface area contributed by atoms with Gasteiger partial charge in [-0.15, -0.1) is 0 Å². The summed E-state index contributed by atoms with van der Waals surface area (Å²) in [5.74, 6) is -1.16. The van der Waals surface area contributed by atoms with E-state index in [9.17, 15) is 14.4 Å². The monoisotopic (exact) mass is 387 g/mol. The number of anilines is 1. The Morgan fingerprint density at radius 2 is 1.76 bits per heavy atom. The summed E-state index contributed by atoms with van der Waals surface area (Å²) in [5.41, 5.74) is 13.2. The van der Waals surface area contributed by atoms with E-state index in [1.807, 2.05) is 6.07 Å². The highest BCUT2D eigenvalue weighted by Crippen LogP contribution is 2.22. The van der Waals surface area contributed by atoms with Crippen LogP contribution in [0.15, 0.2) is 59.5 Å². The van der Waals surface area contributed by atoms with Crippen molar-refractivity contribution in [3.8, 4) is 0 Å². The number of aromatic amines is 1. The molecule has 4 rings (SSSR count). The molecule has 2 amide bonds. The van der Waals surface area contributed by atoms with Crippen LogP contribution < -0.4 is 22.0 Å². The Balaban J connectivity index is 1.54. The van der Waals surface area contributed by atoms with Crippen LogP contribution in [-0.2, 0) is 0 Å². The lowest BCUT2D eigenvalue weighted by Crippen LogP contribution is -2.42. The van der Waals surface area contributed by atoms with Crippen LogP contribution in [0.25, 0.3) is 21.8 Å². The van der Waals surface area contributed by atoms with Gasteiger partial charge in [-0.25, -0.2) is 0 Å². The van der Waals surface area contributed by atoms with Gasteiger partial charge >= 0.3 is 0 Å². The molecule has 0 unspecified atom stereocenters. The molecule has 0 spiro atoms. The third-order valence-corrected chi connectivity index (χ3v) is 4.58. The van der Waals surface area contributed by atoms with Crippen LogP contribution in [0.5, 0.6) is 0 Å². The third kappa shape index (κ3) is 3.39. The standard InChI is InChI=1S/C21H17N5O3/c1-11-8-18(27)14-9-12(6-7-17(14)24-11)20(28)25-26-21(29)15-10-23-16-5-3-2-4-13(16)19(15)22/h2-10H,1H3,(H2,22,23)(H,24,27)(H,25,28)(H,26,29). The van der Waals surface area contributed by atoms with Crippen molar-refractivity contribution in [3.63, 3.8) is 0 Å². The number of nitrogens with two attached hydrogens (primary N) is 1. The van der Waals surface area contributed by atoms with Crippen LogP contribution in [0, 0.1) is 6.92 Å². The summed E-state index contributed by atoms with van der Waals surface area (Å²) in [5, 5.41) is 1.04. The van der Waals surface area contributed by atoms with Crippen LogP contribution in [0.3, 0.4) is 0 Å². The maximum absolute atomic E-state index is 12.4. The zero-order chi connectivity index (χ0) is 20.5. The van der Waals surface area contributed by atoms with E-state index in [2.05, 4.69) is 20.8 Å². The number of nitrogens with zero attached hydrogens (tertiary/aromatic N) is 1. The summed E-state index contributed by atoms with van der Waals surface area (Å²) in [7, 11) is 0. The molecule has 144 valence electrons. The highest BCUT2D eigenvalue weighted by molar-refractivity contribution is 6.07. The number of H-pyrrole nitrogens is 1. The number of hydrogen-bond acceptors (Lipinski definition) is 5. The molecular formula is C21H17N5O3. The van der Waals surface area contributed by atoms with Gasteiger partial charge in [-0.05, 0) is 31.2 Å². The van der Waals surface area contributed by atoms with E-state index < -0.39 is 11.8 Å². The van der Waals surface area contributed by atoms with Crippen LogP contribution in [0.2, 0.25) is 0 Å². The molecule has 29 heavy (non-hydrogen) atoms. The summed E-state index contributed by atoms with van der Waals surface area (Å²) >= 11 is 0. The Kier molecular flexibility index (Phi) is 4.44. The van der Waals surface area contributed by atoms with Gasteiger partial charge in [-0.1, -0.05) is 18.2 Å². The minimum absolute atomic E-state index is 0.148. The van der Waals surface area contributed by atoms with Gasteiger partial charge in [-0.2, -0.15) is 0 Å². The first-order chi connectivity index (χ1) is 13.9. The number of nitrogen functional groups attached to an aromatic ring is 1. The molecule has 0 bridgehead atoms. The fourth-order valence-corrected chi connectivity index (χ4v) is 3.12. The molecule has 0 saturated carbocycles. The second kappa shape index (κ2) is 7.08. The predicted molar refractivity (Wildman–Crippen MR) is 110 cm³/mol. The van der Waals surface area contributed by atoms with Crippen LogP contribution in [0.1, 0.15) is 26.4 Å². The molecule has 2 aromatic carbocycles. The number of hydrogen-bond donors (Lipinski definition) is 4. The van der Waals surface area contributed by atoms with Gasteiger partial charge in [0.25, 0.3) is 11.8 Å². The average molecular weight is 387 g/mol. The smallest absolute Gasteiger partial charge is 0.273 e. The lowest BCUT2D eigenvalue weighted by atomic mass is 10.1. The molecule has 8 heteroatoms. The molecule has 2 aromatic heterocycles. The van der Waals surface area contributed by atoms with E-state index in [1.165, 1.54) is 18.3 Å². The Morgan fingerprint density at radius 1 is 1.00 bits per heavy atom. The van der Waals surface area contributed by atoms with Gasteiger partial charge in [0, 0.05) is 39.8 Å². The number of hydrazine groups is 1. The van der Waals surface area contributed by atoms with Crippen molar-refractivity contribution in [1.29, 1.82) is 0 Å². The second-order valence-corrected chi connectivity index (χ2v) is 6.59. The maximum atomic E-state index is 12.4. The molecule has 0 aliphatic rings. The Morgan fingerprint density at radius 3 is 2.59 bits per heavy atom. The van der Waals surface area contributed by atoms with E-state index >= 15 is 0 Å². The van der Waals surface area contributed by atoms with Crippen molar-refractivity contribution in [2.24, 2.45) is 0 Å². The topological polar surface area (TPSA) is 130 Å². The molecule has 0 fully saturated rings. The summed E-state index contributed by atoms with van der Waals surface area (Å²) in [6.45, 7) is 1.78. The van der Waals surface area contributed by atoms with Crippen LogP contribution in [-0.4, -0.2) is 21.8 Å². The van der Waals surface area contributed by atoms with Crippen molar-refractivity contribution in [2.75, 3.05) is 5.73 Å². The highest BCUT2D eigenvalue weighted by Gasteiger charge is 2.15. The van der Waals surface area contributed by atoms with Gasteiger partial charge in [0.15, 0.2) is 5.43 Å². The number of para-hydroxylation sites is 1. The van der Waals surface area contributed by atoms with Crippen molar-refractivity contribution in [2.45, 2.75) is 6.92 Å². The number of fused-ring (bicyclic) bond motifs is 2. The summed E-state index contributed by atoms with van der Waals surface area (Å²) in [4.78, 5) is 44.3. The number of benzene rings is 2. The number of amides is 2. The van der Waals surface area contributed by atoms with Gasteiger partial charge in [0.2, 0.25) is 0 Å². The van der Waals surface area contributed by atoms with E-state index in [1.54, 1.807) is 37.3 Å². The normalized spacial score (nSPS) is 10.8. The predicted octanol–water partition coefficient (Wildman–Crippen LogP) is 2.04. The number of carbonyl (C=O) groups excluding carboxylic acids is 2. The van der Waals surface area contributed by atoms with Crippen LogP contribution >= 0.6 is 0 Å². The number of carbonyl (C=O) groups is 2. The molecule has 0 aliphatic heterocycles. The molecule has 0 radical (unpaired) electrons. The largest absolute Gasteiger partial charge is 0.397 e. The zero-order valence-corrected chi connectivity index (χ0v) is 15.4. The summed E-state index contributed by atoms with van der Waals surface area (Å²) in [6.07, 6.45) is 1.36. The molecule has 0 atom stereocenters. The first-order valence-corrected chi connectivity index (χ1v) is 8.81. The van der Waals surface area contributed by atoms with Gasteiger partial charge in [0.05, 0.1) is 16.8 Å². The Labute approximate surface area is 164 Å². The molecule has 4 aromatic rings. The molecule has 2 heterocycles. The minimum atomic E-state index is -0.594. The number of aryl methyl sites for hydroxylation is 1. The first-order valence-electron chi connectivity index (χ1n) is 8.81. The Hall–Kier alpha value is -4.20. The van der Waals surface area contributed by atoms with E-state index in [0.717, 1.165) is 5.69 Å². The fourth-order valence-electron chi connectivity index (χ4n) is 3.12. The first kappa shape index (κ1) is 18.2. The van der Waals surface area contributed by atoms with Crippen molar-refractivity contribution in [1.82, 2.24) is 20.8 Å². The van der Waals surface area contributed by atoms with Gasteiger partial charge < -0.3 is 10.7 Å². The lowest BCUT2D eigenvalue weighted by Gasteiger charge is -2.11. The van der Waals surface area contributed by atoms with E-state index in [4.69, 9.17) is 5.73 Å².